The van der Waals surface area contributed by atoms with Crippen molar-refractivity contribution in [3.8, 4) is 0 Å². The molecule has 0 spiro atoms. The van der Waals surface area contributed by atoms with E-state index in [4.69, 9.17) is 10.4 Å². The van der Waals surface area contributed by atoms with Gasteiger partial charge in [0.25, 0.3) is 0 Å². The highest BCUT2D eigenvalue weighted by Crippen LogP contribution is 2.46. The van der Waals surface area contributed by atoms with Crippen LogP contribution in [0.3, 0.4) is 0 Å². The summed E-state index contributed by atoms with van der Waals surface area (Å²) in [7, 11) is 0. The van der Waals surface area contributed by atoms with Gasteiger partial charge in [0.2, 0.25) is 0 Å². The fourth-order valence-corrected chi connectivity index (χ4v) is 5.36. The highest BCUT2D eigenvalue weighted by atomic mass is 14.8. The predicted octanol–water partition coefficient (Wildman–Crippen LogP) is 10.3. The number of nitrogens with one attached hydrogen (secondary N) is 1. The molecule has 38 heavy (non-hydrogen) atoms. The molecule has 0 amide bonds. The van der Waals surface area contributed by atoms with Crippen molar-refractivity contribution >= 4 is 12.1 Å². The van der Waals surface area contributed by atoms with E-state index >= 15 is 0 Å². The summed E-state index contributed by atoms with van der Waals surface area (Å²) in [5.41, 5.74) is 11.6. The third-order valence-electron chi connectivity index (χ3n) is 7.11. The molecule has 2 bridgehead atoms. The monoisotopic (exact) mass is 506 g/mol. The van der Waals surface area contributed by atoms with Gasteiger partial charge >= 0.3 is 0 Å². The van der Waals surface area contributed by atoms with Crippen molar-refractivity contribution in [2.45, 2.75) is 67.2 Å². The third kappa shape index (κ3) is 7.51. The van der Waals surface area contributed by atoms with Crippen LogP contribution in [0.1, 0.15) is 67.2 Å². The van der Waals surface area contributed by atoms with Gasteiger partial charge in [-0.3, -0.25) is 5.41 Å². The number of rotatable bonds is 14. The van der Waals surface area contributed by atoms with Gasteiger partial charge < -0.3 is 0 Å². The fraction of sp³-hybridized carbons (Fsp3) is 0.333. The molecule has 2 aliphatic carbocycles. The maximum absolute atomic E-state index is 8.04. The van der Waals surface area contributed by atoms with Crippen molar-refractivity contribution in [3.05, 3.63) is 131 Å². The molecule has 2 nitrogen and oxygen atoms in total. The molecule has 0 heterocycles. The van der Waals surface area contributed by atoms with E-state index in [9.17, 15) is 0 Å². The van der Waals surface area contributed by atoms with E-state index in [1.54, 1.807) is 6.08 Å². The van der Waals surface area contributed by atoms with Crippen LogP contribution in [-0.2, 0) is 0 Å². The van der Waals surface area contributed by atoms with E-state index in [-0.39, 0.29) is 11.8 Å². The summed E-state index contributed by atoms with van der Waals surface area (Å²) in [5.74, 6) is 0.408. The summed E-state index contributed by atoms with van der Waals surface area (Å²) in [6, 6.07) is 0. The highest BCUT2D eigenvalue weighted by molar-refractivity contribution is 6.19. The van der Waals surface area contributed by atoms with Gasteiger partial charge in [0.05, 0.1) is 5.71 Å². The first-order valence-electron chi connectivity index (χ1n) is 13.7. The smallest absolute Gasteiger partial charge is 0.107 e. The minimum Gasteiger partial charge on any atom is -0.290 e. The number of fused-ring (bicyclic) bond motifs is 2. The summed E-state index contributed by atoms with van der Waals surface area (Å²) in [4.78, 5) is 4.77. The summed E-state index contributed by atoms with van der Waals surface area (Å²) in [6.45, 7) is 25.1. The first-order chi connectivity index (χ1) is 18.2. The van der Waals surface area contributed by atoms with E-state index in [0.717, 1.165) is 42.5 Å². The molecule has 1 N–H and O–H groups in total. The van der Waals surface area contributed by atoms with Crippen molar-refractivity contribution in [3.63, 3.8) is 0 Å². The summed E-state index contributed by atoms with van der Waals surface area (Å²) in [5, 5.41) is 8.04. The topological polar surface area (TPSA) is 36.2 Å². The molecule has 0 saturated heterocycles. The Bertz CT molecular complexity index is 1220. The maximum Gasteiger partial charge on any atom is 0.107 e. The minimum atomic E-state index is 0.177. The number of hydrogen-bond donors (Lipinski definition) is 1. The van der Waals surface area contributed by atoms with Crippen LogP contribution in [0.15, 0.2) is 136 Å². The van der Waals surface area contributed by atoms with Crippen LogP contribution in [-0.4, -0.2) is 12.1 Å². The van der Waals surface area contributed by atoms with Crippen LogP contribution in [0.25, 0.3) is 0 Å². The normalized spacial score (nSPS) is 19.0. The lowest BCUT2D eigenvalue weighted by atomic mass is 9.82. The van der Waals surface area contributed by atoms with Crippen molar-refractivity contribution < 1.29 is 0 Å². The maximum atomic E-state index is 8.04. The van der Waals surface area contributed by atoms with Crippen LogP contribution in [0, 0.1) is 17.2 Å². The Morgan fingerprint density at radius 3 is 2.55 bits per heavy atom. The Morgan fingerprint density at radius 1 is 1.24 bits per heavy atom. The molecule has 2 aliphatic rings. The zero-order chi connectivity index (χ0) is 28.2. The third-order valence-corrected chi connectivity index (χ3v) is 7.11. The van der Waals surface area contributed by atoms with Gasteiger partial charge in [-0.15, -0.1) is 6.58 Å². The second-order valence-corrected chi connectivity index (χ2v) is 10.2. The Hall–Kier alpha value is -3.52. The Labute approximate surface area is 231 Å². The van der Waals surface area contributed by atoms with Gasteiger partial charge in [-0.1, -0.05) is 87.3 Å². The average molecular weight is 507 g/mol. The summed E-state index contributed by atoms with van der Waals surface area (Å²) in [6.07, 6.45) is 26.4. The molecule has 2 atom stereocenters. The Balaban J connectivity index is 2.89. The van der Waals surface area contributed by atoms with E-state index in [2.05, 4.69) is 110 Å². The zero-order valence-electron chi connectivity index (χ0n) is 24.4. The van der Waals surface area contributed by atoms with Gasteiger partial charge in [-0.05, 0) is 98.5 Å². The quantitative estimate of drug-likeness (QED) is 0.105. The van der Waals surface area contributed by atoms with Gasteiger partial charge in [0.15, 0.2) is 0 Å². The predicted molar refractivity (Wildman–Crippen MR) is 170 cm³/mol. The van der Waals surface area contributed by atoms with Crippen LogP contribution in [0.2, 0.25) is 0 Å². The number of nitrogens with zero attached hydrogens (tertiary/aromatic N) is 1. The molecule has 0 aromatic carbocycles. The molecular weight excluding hydrogens is 460 g/mol. The van der Waals surface area contributed by atoms with E-state index < -0.39 is 0 Å². The van der Waals surface area contributed by atoms with E-state index in [1.807, 2.05) is 6.08 Å². The lowest BCUT2D eigenvalue weighted by molar-refractivity contribution is 0.813. The zero-order valence-corrected chi connectivity index (χ0v) is 24.4. The van der Waals surface area contributed by atoms with Crippen LogP contribution < -0.4 is 0 Å². The van der Waals surface area contributed by atoms with E-state index in [1.165, 1.54) is 45.4 Å². The fourth-order valence-electron chi connectivity index (χ4n) is 5.36. The summed E-state index contributed by atoms with van der Waals surface area (Å²) >= 11 is 0. The van der Waals surface area contributed by atoms with Crippen LogP contribution in [0.5, 0.6) is 0 Å². The molecule has 0 radical (unpaired) electrons. The molecule has 200 valence electrons. The first-order valence-corrected chi connectivity index (χ1v) is 13.7. The minimum absolute atomic E-state index is 0.177. The van der Waals surface area contributed by atoms with Crippen molar-refractivity contribution in [2.75, 3.05) is 0 Å². The van der Waals surface area contributed by atoms with Gasteiger partial charge in [0, 0.05) is 17.4 Å². The lowest BCUT2D eigenvalue weighted by Crippen LogP contribution is -2.17. The molecule has 0 fully saturated rings. The molecule has 0 aromatic rings. The Morgan fingerprint density at radius 2 is 1.97 bits per heavy atom. The van der Waals surface area contributed by atoms with Crippen molar-refractivity contribution in [2.24, 2.45) is 16.8 Å². The van der Waals surface area contributed by atoms with Gasteiger partial charge in [-0.2, -0.15) is 0 Å². The molecular formula is C36H46N2. The second kappa shape index (κ2) is 15.0. The van der Waals surface area contributed by atoms with Gasteiger partial charge in [-0.25, -0.2) is 4.99 Å². The van der Waals surface area contributed by atoms with E-state index in [0.29, 0.717) is 0 Å². The lowest BCUT2D eigenvalue weighted by Gasteiger charge is -2.22. The standard InChI is InChI=1S/C36H46N2/c1-10-14-20-32(25(5)6)33(21-26(7)13-4)36(38-24-37)35-31-19-15-18-30(23-31)34(35)28(9)22-29(17-12-3)27(8)16-11-2/h10,12-13,15-19,21-22,24,28,31,37H,1,4,7,11,14,20,23H2,2-3,5-6,8-9H3/b17-12-,27-16-,29-22-,33-21+,37-24?,38-36-. The first kappa shape index (κ1) is 30.7. The number of aliphatic imine (C=N–C) groups is 1. The van der Waals surface area contributed by atoms with Crippen molar-refractivity contribution in [1.29, 1.82) is 5.41 Å². The summed E-state index contributed by atoms with van der Waals surface area (Å²) < 4.78 is 0. The molecule has 2 unspecified atom stereocenters. The SMILES string of the molecule is C=CCCC(=C(C)C)C(=C\C(=C)C=C)/C(=N/C=N)C1=C(C(C)/C=C(/C=C\C)C(\C)=C/CC)C2=CC=CC1C2. The molecule has 2 heteroatoms. The average Bonchev–Trinajstić information content (AvgIpc) is 3.15. The number of allylic oxidation sites excluding steroid dienone is 19. The highest BCUT2D eigenvalue weighted by Gasteiger charge is 2.35. The molecule has 0 aliphatic heterocycles. The largest absolute Gasteiger partial charge is 0.290 e. The second-order valence-electron chi connectivity index (χ2n) is 10.2. The number of hydrogen-bond acceptors (Lipinski definition) is 1. The van der Waals surface area contributed by atoms with Crippen LogP contribution in [0.4, 0.5) is 0 Å². The molecule has 2 rings (SSSR count). The molecule has 0 aromatic heterocycles. The van der Waals surface area contributed by atoms with Gasteiger partial charge in [0.1, 0.15) is 6.34 Å². The van der Waals surface area contributed by atoms with Crippen LogP contribution >= 0.6 is 0 Å². The van der Waals surface area contributed by atoms with Crippen molar-refractivity contribution in [1.82, 2.24) is 0 Å². The Kier molecular flexibility index (Phi) is 12.1. The molecule has 0 saturated carbocycles.